The summed E-state index contributed by atoms with van der Waals surface area (Å²) in [6, 6.07) is 19.0. The van der Waals surface area contributed by atoms with Crippen LogP contribution in [0, 0.1) is 5.82 Å². The molecule has 0 fully saturated rings. The SMILES string of the molecule is O=C(NC(CC1Cc2cc(F)ccc2O1)C(=O)O)OCC1c2ccccc2-c2ccccc21. The maximum absolute atomic E-state index is 13.4. The number of hydrogen-bond acceptors (Lipinski definition) is 4. The Morgan fingerprint density at radius 1 is 1.06 bits per heavy atom. The molecule has 0 radical (unpaired) electrons. The average Bonchev–Trinajstić information content (AvgIpc) is 3.35. The van der Waals surface area contributed by atoms with E-state index in [0.29, 0.717) is 17.7 Å². The summed E-state index contributed by atoms with van der Waals surface area (Å²) in [5.41, 5.74) is 5.06. The fraction of sp³-hybridized carbons (Fsp3) is 0.231. The molecule has 3 aromatic rings. The van der Waals surface area contributed by atoms with Gasteiger partial charge in [-0.25, -0.2) is 14.0 Å². The maximum Gasteiger partial charge on any atom is 0.407 e. The summed E-state index contributed by atoms with van der Waals surface area (Å²) < 4.78 is 24.6. The van der Waals surface area contributed by atoms with Gasteiger partial charge in [-0.2, -0.15) is 0 Å². The predicted octanol–water partition coefficient (Wildman–Crippen LogP) is 4.51. The molecule has 6 nitrogen and oxygen atoms in total. The molecule has 3 aromatic carbocycles. The first-order valence-corrected chi connectivity index (χ1v) is 10.8. The summed E-state index contributed by atoms with van der Waals surface area (Å²) in [6.45, 7) is 0.0941. The number of fused-ring (bicyclic) bond motifs is 4. The highest BCUT2D eigenvalue weighted by atomic mass is 19.1. The second kappa shape index (κ2) is 8.58. The van der Waals surface area contributed by atoms with Crippen molar-refractivity contribution in [2.24, 2.45) is 0 Å². The number of hydrogen-bond donors (Lipinski definition) is 2. The molecule has 2 unspecified atom stereocenters. The van der Waals surface area contributed by atoms with Gasteiger partial charge in [-0.3, -0.25) is 0 Å². The third kappa shape index (κ3) is 4.14. The molecule has 1 aliphatic heterocycles. The first-order chi connectivity index (χ1) is 16.0. The smallest absolute Gasteiger partial charge is 0.407 e. The van der Waals surface area contributed by atoms with Crippen LogP contribution in [0.25, 0.3) is 11.1 Å². The Kier molecular flexibility index (Phi) is 5.46. The maximum atomic E-state index is 13.4. The van der Waals surface area contributed by atoms with Crippen molar-refractivity contribution in [1.82, 2.24) is 5.32 Å². The Morgan fingerprint density at radius 2 is 1.73 bits per heavy atom. The summed E-state index contributed by atoms with van der Waals surface area (Å²) in [4.78, 5) is 24.2. The Hall–Kier alpha value is -3.87. The van der Waals surface area contributed by atoms with Crippen LogP contribution in [-0.2, 0) is 16.0 Å². The van der Waals surface area contributed by atoms with Gasteiger partial charge in [-0.15, -0.1) is 0 Å². The fourth-order valence-corrected chi connectivity index (χ4v) is 4.69. The van der Waals surface area contributed by atoms with E-state index in [1.54, 1.807) is 0 Å². The van der Waals surface area contributed by atoms with Crippen LogP contribution in [0.2, 0.25) is 0 Å². The number of halogens is 1. The third-order valence-electron chi connectivity index (χ3n) is 6.20. The van der Waals surface area contributed by atoms with Crippen LogP contribution in [0.15, 0.2) is 66.7 Å². The zero-order valence-electron chi connectivity index (χ0n) is 17.7. The van der Waals surface area contributed by atoms with E-state index in [-0.39, 0.29) is 24.8 Å². The quantitative estimate of drug-likeness (QED) is 0.581. The van der Waals surface area contributed by atoms with Crippen molar-refractivity contribution in [3.63, 3.8) is 0 Å². The number of carbonyl (C=O) groups excluding carboxylic acids is 1. The van der Waals surface area contributed by atoms with Gasteiger partial charge in [0.15, 0.2) is 0 Å². The summed E-state index contributed by atoms with van der Waals surface area (Å²) in [6.07, 6.45) is -0.860. The minimum absolute atomic E-state index is 0.0375. The number of carboxylic acid groups (broad SMARTS) is 1. The molecule has 0 saturated carbocycles. The minimum Gasteiger partial charge on any atom is -0.490 e. The highest BCUT2D eigenvalue weighted by Gasteiger charge is 2.32. The van der Waals surface area contributed by atoms with Gasteiger partial charge in [0.05, 0.1) is 0 Å². The van der Waals surface area contributed by atoms with E-state index in [0.717, 1.165) is 22.3 Å². The lowest BCUT2D eigenvalue weighted by molar-refractivity contribution is -0.140. The topological polar surface area (TPSA) is 84.9 Å². The molecule has 0 aromatic heterocycles. The highest BCUT2D eigenvalue weighted by Crippen LogP contribution is 2.44. The van der Waals surface area contributed by atoms with Gasteiger partial charge in [0.25, 0.3) is 0 Å². The van der Waals surface area contributed by atoms with Gasteiger partial charge >= 0.3 is 12.1 Å². The van der Waals surface area contributed by atoms with Crippen LogP contribution in [-0.4, -0.2) is 35.9 Å². The van der Waals surface area contributed by atoms with Gasteiger partial charge in [-0.05, 0) is 40.5 Å². The Bertz CT molecular complexity index is 1180. The zero-order chi connectivity index (χ0) is 22.9. The highest BCUT2D eigenvalue weighted by molar-refractivity contribution is 5.81. The van der Waals surface area contributed by atoms with Gasteiger partial charge in [0, 0.05) is 24.3 Å². The second-order valence-electron chi connectivity index (χ2n) is 8.29. The first kappa shape index (κ1) is 21.0. The zero-order valence-corrected chi connectivity index (χ0v) is 17.7. The van der Waals surface area contributed by atoms with E-state index < -0.39 is 24.2 Å². The predicted molar refractivity (Wildman–Crippen MR) is 119 cm³/mol. The van der Waals surface area contributed by atoms with Crippen molar-refractivity contribution in [3.8, 4) is 16.9 Å². The Labute approximate surface area is 190 Å². The number of aliphatic carboxylic acids is 1. The molecular weight excluding hydrogens is 425 g/mol. The lowest BCUT2D eigenvalue weighted by Gasteiger charge is -2.19. The lowest BCUT2D eigenvalue weighted by atomic mass is 9.98. The van der Waals surface area contributed by atoms with Crippen molar-refractivity contribution in [2.45, 2.75) is 30.9 Å². The second-order valence-corrected chi connectivity index (χ2v) is 8.29. The normalized spacial score (nSPS) is 16.8. The fourth-order valence-electron chi connectivity index (χ4n) is 4.69. The monoisotopic (exact) mass is 447 g/mol. The molecule has 0 saturated heterocycles. The lowest BCUT2D eigenvalue weighted by Crippen LogP contribution is -2.44. The Balaban J connectivity index is 1.22. The molecular formula is C26H22FNO5. The summed E-state index contributed by atoms with van der Waals surface area (Å²) in [5, 5.41) is 12.0. The number of alkyl carbamates (subject to hydrolysis) is 1. The summed E-state index contributed by atoms with van der Waals surface area (Å²) in [7, 11) is 0. The van der Waals surface area contributed by atoms with Gasteiger partial charge in [-0.1, -0.05) is 48.5 Å². The number of carboxylic acids is 1. The molecule has 2 atom stereocenters. The molecule has 2 aliphatic rings. The largest absolute Gasteiger partial charge is 0.490 e. The number of amides is 1. The van der Waals surface area contributed by atoms with Crippen LogP contribution in [0.3, 0.4) is 0 Å². The molecule has 1 amide bonds. The molecule has 5 rings (SSSR count). The van der Waals surface area contributed by atoms with Crippen molar-refractivity contribution >= 4 is 12.1 Å². The minimum atomic E-state index is -1.19. The van der Waals surface area contributed by atoms with E-state index in [1.807, 2.05) is 48.5 Å². The van der Waals surface area contributed by atoms with E-state index in [4.69, 9.17) is 9.47 Å². The van der Waals surface area contributed by atoms with E-state index in [2.05, 4.69) is 5.32 Å². The number of nitrogens with one attached hydrogen (secondary N) is 1. The standard InChI is InChI=1S/C26H22FNO5/c27-16-9-10-24-15(11-16)12-17(33-24)13-23(25(29)30)28-26(31)32-14-22-20-7-3-1-5-18(20)19-6-2-4-8-21(19)22/h1-11,17,22-23H,12-14H2,(H,28,31)(H,29,30). The summed E-state index contributed by atoms with van der Waals surface area (Å²) in [5.74, 6) is -1.14. The Morgan fingerprint density at radius 3 is 2.39 bits per heavy atom. The number of rotatable bonds is 6. The van der Waals surface area contributed by atoms with Crippen LogP contribution in [0.4, 0.5) is 9.18 Å². The molecule has 7 heteroatoms. The van der Waals surface area contributed by atoms with E-state index in [9.17, 15) is 19.1 Å². The number of ether oxygens (including phenoxy) is 2. The third-order valence-corrected chi connectivity index (χ3v) is 6.20. The molecule has 1 aliphatic carbocycles. The molecule has 0 spiro atoms. The molecule has 33 heavy (non-hydrogen) atoms. The van der Waals surface area contributed by atoms with Gasteiger partial charge < -0.3 is 19.9 Å². The average molecular weight is 447 g/mol. The van der Waals surface area contributed by atoms with Crippen molar-refractivity contribution < 1.29 is 28.6 Å². The molecule has 2 N–H and O–H groups in total. The van der Waals surface area contributed by atoms with Crippen LogP contribution in [0.5, 0.6) is 5.75 Å². The van der Waals surface area contributed by atoms with Crippen molar-refractivity contribution in [3.05, 3.63) is 89.2 Å². The summed E-state index contributed by atoms with van der Waals surface area (Å²) >= 11 is 0. The van der Waals surface area contributed by atoms with E-state index >= 15 is 0 Å². The van der Waals surface area contributed by atoms with Crippen LogP contribution >= 0.6 is 0 Å². The molecule has 1 heterocycles. The number of benzene rings is 3. The number of carbonyl (C=O) groups is 2. The van der Waals surface area contributed by atoms with Gasteiger partial charge in [0.2, 0.25) is 0 Å². The molecule has 168 valence electrons. The van der Waals surface area contributed by atoms with Crippen molar-refractivity contribution in [2.75, 3.05) is 6.61 Å². The first-order valence-electron chi connectivity index (χ1n) is 10.8. The van der Waals surface area contributed by atoms with Crippen molar-refractivity contribution in [1.29, 1.82) is 0 Å². The van der Waals surface area contributed by atoms with Crippen LogP contribution < -0.4 is 10.1 Å². The molecule has 0 bridgehead atoms. The van der Waals surface area contributed by atoms with E-state index in [1.165, 1.54) is 18.2 Å². The van der Waals surface area contributed by atoms with Gasteiger partial charge in [0.1, 0.15) is 30.3 Å². The van der Waals surface area contributed by atoms with Crippen LogP contribution in [0.1, 0.15) is 29.0 Å².